The Morgan fingerprint density at radius 1 is 0.778 bits per heavy atom. The van der Waals surface area contributed by atoms with Gasteiger partial charge in [0.2, 0.25) is 0 Å². The first kappa shape index (κ1) is 12.8. The minimum absolute atomic E-state index is 0.0480. The van der Waals surface area contributed by atoms with Crippen LogP contribution in [0.5, 0.6) is 0 Å². The van der Waals surface area contributed by atoms with E-state index in [-0.39, 0.29) is 6.04 Å². The number of nitrogens with two attached hydrogens (primary N) is 2. The van der Waals surface area contributed by atoms with Crippen molar-refractivity contribution in [2.45, 2.75) is 18.9 Å². The van der Waals surface area contributed by atoms with Crippen molar-refractivity contribution in [3.05, 3.63) is 71.3 Å². The monoisotopic (exact) mass is 240 g/mol. The Hall–Kier alpha value is -1.64. The van der Waals surface area contributed by atoms with Crippen molar-refractivity contribution in [1.82, 2.24) is 0 Å². The average molecular weight is 240 g/mol. The number of rotatable bonds is 5. The first-order valence-corrected chi connectivity index (χ1v) is 6.38. The van der Waals surface area contributed by atoms with E-state index in [4.69, 9.17) is 11.5 Å². The largest absolute Gasteiger partial charge is 0.329 e. The second-order valence-corrected chi connectivity index (χ2v) is 4.57. The van der Waals surface area contributed by atoms with Gasteiger partial charge >= 0.3 is 0 Å². The van der Waals surface area contributed by atoms with Gasteiger partial charge < -0.3 is 11.5 Å². The number of benzene rings is 2. The summed E-state index contributed by atoms with van der Waals surface area (Å²) in [5, 5.41) is 0. The molecule has 1 unspecified atom stereocenters. The van der Waals surface area contributed by atoms with Crippen LogP contribution in [-0.4, -0.2) is 6.54 Å². The molecule has 0 saturated carbocycles. The maximum absolute atomic E-state index is 5.88. The Morgan fingerprint density at radius 2 is 1.33 bits per heavy atom. The van der Waals surface area contributed by atoms with Crippen molar-refractivity contribution in [2.24, 2.45) is 11.5 Å². The molecule has 0 aliphatic heterocycles. The van der Waals surface area contributed by atoms with Crippen LogP contribution in [0.4, 0.5) is 0 Å². The summed E-state index contributed by atoms with van der Waals surface area (Å²) in [5.74, 6) is 0. The Balaban J connectivity index is 1.94. The topological polar surface area (TPSA) is 52.0 Å². The number of hydrogen-bond donors (Lipinski definition) is 2. The lowest BCUT2D eigenvalue weighted by Crippen LogP contribution is -2.20. The molecule has 0 aromatic heterocycles. The molecule has 0 saturated heterocycles. The highest BCUT2D eigenvalue weighted by Gasteiger charge is 2.02. The minimum atomic E-state index is -0.0480. The second-order valence-electron chi connectivity index (χ2n) is 4.57. The molecule has 2 aromatic carbocycles. The van der Waals surface area contributed by atoms with Gasteiger partial charge in [0.05, 0.1) is 0 Å². The lowest BCUT2D eigenvalue weighted by molar-refractivity contribution is 0.736. The van der Waals surface area contributed by atoms with E-state index in [0.29, 0.717) is 6.54 Å². The fourth-order valence-corrected chi connectivity index (χ4v) is 2.00. The zero-order valence-electron chi connectivity index (χ0n) is 10.5. The van der Waals surface area contributed by atoms with Crippen molar-refractivity contribution >= 4 is 0 Å². The number of aryl methyl sites for hydroxylation is 2. The van der Waals surface area contributed by atoms with Crippen molar-refractivity contribution < 1.29 is 0 Å². The molecule has 1 atom stereocenters. The van der Waals surface area contributed by atoms with E-state index in [1.807, 2.05) is 6.07 Å². The summed E-state index contributed by atoms with van der Waals surface area (Å²) >= 11 is 0. The van der Waals surface area contributed by atoms with Crippen LogP contribution in [0.25, 0.3) is 0 Å². The van der Waals surface area contributed by atoms with Gasteiger partial charge in [-0.05, 0) is 29.5 Å². The molecule has 2 aromatic rings. The molecular weight excluding hydrogens is 220 g/mol. The molecule has 0 fully saturated rings. The summed E-state index contributed by atoms with van der Waals surface area (Å²) in [6.45, 7) is 0.489. The molecule has 2 rings (SSSR count). The predicted octanol–water partition coefficient (Wildman–Crippen LogP) is 2.43. The molecule has 0 bridgehead atoms. The molecule has 0 aliphatic rings. The van der Waals surface area contributed by atoms with Crippen molar-refractivity contribution in [2.75, 3.05) is 6.54 Å². The van der Waals surface area contributed by atoms with Gasteiger partial charge in [0.1, 0.15) is 0 Å². The van der Waals surface area contributed by atoms with Crippen LogP contribution in [0.3, 0.4) is 0 Å². The van der Waals surface area contributed by atoms with E-state index >= 15 is 0 Å². The van der Waals surface area contributed by atoms with Gasteiger partial charge in [-0.1, -0.05) is 54.6 Å². The van der Waals surface area contributed by atoms with Gasteiger partial charge in [-0.25, -0.2) is 0 Å². The molecule has 0 aliphatic carbocycles. The van der Waals surface area contributed by atoms with Crippen LogP contribution >= 0.6 is 0 Å². The molecule has 2 nitrogen and oxygen atoms in total. The normalized spacial score (nSPS) is 12.3. The van der Waals surface area contributed by atoms with Gasteiger partial charge in [0, 0.05) is 12.6 Å². The molecule has 0 radical (unpaired) electrons. The van der Waals surface area contributed by atoms with Gasteiger partial charge in [-0.15, -0.1) is 0 Å². The third-order valence-electron chi connectivity index (χ3n) is 3.21. The highest BCUT2D eigenvalue weighted by molar-refractivity contribution is 5.26. The maximum Gasteiger partial charge on any atom is 0.0419 e. The van der Waals surface area contributed by atoms with Crippen molar-refractivity contribution in [1.29, 1.82) is 0 Å². The maximum atomic E-state index is 5.88. The quantitative estimate of drug-likeness (QED) is 0.843. The van der Waals surface area contributed by atoms with Crippen LogP contribution in [0, 0.1) is 0 Å². The summed E-state index contributed by atoms with van der Waals surface area (Å²) in [5.41, 5.74) is 15.3. The van der Waals surface area contributed by atoms with E-state index < -0.39 is 0 Å². The average Bonchev–Trinajstić information content (AvgIpc) is 2.46. The fourth-order valence-electron chi connectivity index (χ4n) is 2.00. The van der Waals surface area contributed by atoms with E-state index in [2.05, 4.69) is 48.5 Å². The van der Waals surface area contributed by atoms with Crippen LogP contribution in [-0.2, 0) is 12.8 Å². The van der Waals surface area contributed by atoms with E-state index in [9.17, 15) is 0 Å². The highest BCUT2D eigenvalue weighted by Crippen LogP contribution is 2.12. The van der Waals surface area contributed by atoms with Gasteiger partial charge in [0.25, 0.3) is 0 Å². The Labute approximate surface area is 109 Å². The summed E-state index contributed by atoms with van der Waals surface area (Å²) in [7, 11) is 0. The lowest BCUT2D eigenvalue weighted by atomic mass is 10.0. The molecule has 4 N–H and O–H groups in total. The third kappa shape index (κ3) is 3.42. The van der Waals surface area contributed by atoms with E-state index in [1.165, 1.54) is 11.1 Å². The highest BCUT2D eigenvalue weighted by atomic mass is 14.7. The summed E-state index contributed by atoms with van der Waals surface area (Å²) in [4.78, 5) is 0. The van der Waals surface area contributed by atoms with E-state index in [0.717, 1.165) is 18.4 Å². The zero-order valence-corrected chi connectivity index (χ0v) is 10.5. The summed E-state index contributed by atoms with van der Waals surface area (Å²) < 4.78 is 0. The second kappa shape index (κ2) is 6.34. The molecule has 94 valence electrons. The molecule has 0 heterocycles. The lowest BCUT2D eigenvalue weighted by Gasteiger charge is -2.09. The Kier molecular flexibility index (Phi) is 4.51. The first-order chi connectivity index (χ1) is 8.79. The molecule has 2 heteroatoms. The van der Waals surface area contributed by atoms with Gasteiger partial charge in [0.15, 0.2) is 0 Å². The van der Waals surface area contributed by atoms with E-state index in [1.54, 1.807) is 0 Å². The minimum Gasteiger partial charge on any atom is -0.329 e. The van der Waals surface area contributed by atoms with Crippen LogP contribution in [0.15, 0.2) is 54.6 Å². The summed E-state index contributed by atoms with van der Waals surface area (Å²) in [6, 6.07) is 19.0. The summed E-state index contributed by atoms with van der Waals surface area (Å²) in [6.07, 6.45) is 2.13. The standard InChI is InChI=1S/C16H20N2/c17-12-16(18)15-10-8-14(9-11-15)7-6-13-4-2-1-3-5-13/h1-5,8-11,16H,6-7,12,17-18H2. The van der Waals surface area contributed by atoms with Gasteiger partial charge in [-0.2, -0.15) is 0 Å². The SMILES string of the molecule is NCC(N)c1ccc(CCc2ccccc2)cc1. The van der Waals surface area contributed by atoms with Crippen molar-refractivity contribution in [3.8, 4) is 0 Å². The van der Waals surface area contributed by atoms with Crippen LogP contribution < -0.4 is 11.5 Å². The Bertz CT molecular complexity index is 462. The smallest absolute Gasteiger partial charge is 0.0419 e. The predicted molar refractivity (Wildman–Crippen MR) is 76.3 cm³/mol. The molecule has 18 heavy (non-hydrogen) atoms. The van der Waals surface area contributed by atoms with Crippen LogP contribution in [0.1, 0.15) is 22.7 Å². The fraction of sp³-hybridized carbons (Fsp3) is 0.250. The van der Waals surface area contributed by atoms with Gasteiger partial charge in [-0.3, -0.25) is 0 Å². The first-order valence-electron chi connectivity index (χ1n) is 6.38. The molecular formula is C16H20N2. The number of hydrogen-bond acceptors (Lipinski definition) is 2. The zero-order chi connectivity index (χ0) is 12.8. The Morgan fingerprint density at radius 3 is 1.89 bits per heavy atom. The third-order valence-corrected chi connectivity index (χ3v) is 3.21. The van der Waals surface area contributed by atoms with Crippen LogP contribution in [0.2, 0.25) is 0 Å². The molecule has 0 spiro atoms. The van der Waals surface area contributed by atoms with Crippen molar-refractivity contribution in [3.63, 3.8) is 0 Å². The molecule has 0 amide bonds.